The predicted octanol–water partition coefficient (Wildman–Crippen LogP) is 4.52. The van der Waals surface area contributed by atoms with Gasteiger partial charge in [-0.3, -0.25) is 4.79 Å². The Kier molecular flexibility index (Phi) is 5.30. The largest absolute Gasteiger partial charge is 0.440 e. The van der Waals surface area contributed by atoms with E-state index >= 15 is 0 Å². The highest BCUT2D eigenvalue weighted by Gasteiger charge is 2.11. The Morgan fingerprint density at radius 3 is 2.79 bits per heavy atom. The number of nitrogens with one attached hydrogen (secondary N) is 1. The number of fused-ring (bicyclic) bond motifs is 1. The van der Waals surface area contributed by atoms with E-state index in [1.165, 1.54) is 0 Å². The lowest BCUT2D eigenvalue weighted by Gasteiger charge is -2.06. The van der Waals surface area contributed by atoms with Crippen molar-refractivity contribution in [3.63, 3.8) is 0 Å². The molecule has 0 fully saturated rings. The Hall–Kier alpha value is -2.14. The molecule has 0 unspecified atom stereocenters. The molecule has 0 spiro atoms. The fourth-order valence-electron chi connectivity index (χ4n) is 2.62. The van der Waals surface area contributed by atoms with E-state index in [-0.39, 0.29) is 5.91 Å². The van der Waals surface area contributed by atoms with Crippen LogP contribution in [0.15, 0.2) is 51.4 Å². The van der Waals surface area contributed by atoms with E-state index in [0.29, 0.717) is 12.1 Å². The number of nitrogens with zero attached hydrogens (tertiary/aromatic N) is 1. The molecule has 2 aromatic carbocycles. The molecule has 4 nitrogen and oxygen atoms in total. The monoisotopic (exact) mass is 386 g/mol. The maximum Gasteiger partial charge on any atom is 0.251 e. The molecule has 3 rings (SSSR count). The standard InChI is InChI=1S/C19H19BrN2O2/c1-2-17-22-16-12-15(20)11-14(18(16)24-17)9-6-10-21-19(23)13-7-4-3-5-8-13/h3-5,7-8,11-12H,2,6,9-10H2,1H3,(H,21,23). The van der Waals surface area contributed by atoms with Crippen molar-refractivity contribution in [1.29, 1.82) is 0 Å². The maximum atomic E-state index is 12.0. The van der Waals surface area contributed by atoms with Gasteiger partial charge in [0.1, 0.15) is 5.52 Å². The summed E-state index contributed by atoms with van der Waals surface area (Å²) in [5.74, 6) is 0.713. The summed E-state index contributed by atoms with van der Waals surface area (Å²) in [5.41, 5.74) is 3.53. The maximum absolute atomic E-state index is 12.0. The Bertz CT molecular complexity index is 843. The number of aromatic nitrogens is 1. The lowest BCUT2D eigenvalue weighted by atomic mass is 10.1. The average Bonchev–Trinajstić information content (AvgIpc) is 3.02. The van der Waals surface area contributed by atoms with Crippen LogP contribution in [0.2, 0.25) is 0 Å². The number of aryl methyl sites for hydroxylation is 2. The van der Waals surface area contributed by atoms with Gasteiger partial charge >= 0.3 is 0 Å². The molecule has 0 saturated carbocycles. The molecule has 0 atom stereocenters. The highest BCUT2D eigenvalue weighted by Crippen LogP contribution is 2.26. The van der Waals surface area contributed by atoms with Crippen molar-refractivity contribution in [2.45, 2.75) is 26.2 Å². The van der Waals surface area contributed by atoms with Crippen LogP contribution in [-0.4, -0.2) is 17.4 Å². The van der Waals surface area contributed by atoms with Crippen molar-refractivity contribution >= 4 is 32.9 Å². The summed E-state index contributed by atoms with van der Waals surface area (Å²) in [4.78, 5) is 16.5. The molecule has 3 aromatic rings. The van der Waals surface area contributed by atoms with Crippen LogP contribution >= 0.6 is 15.9 Å². The van der Waals surface area contributed by atoms with Crippen LogP contribution in [0.25, 0.3) is 11.1 Å². The molecule has 1 N–H and O–H groups in total. The molecule has 0 aliphatic heterocycles. The average molecular weight is 387 g/mol. The first-order chi connectivity index (χ1) is 11.7. The van der Waals surface area contributed by atoms with Crippen LogP contribution in [0, 0.1) is 0 Å². The minimum Gasteiger partial charge on any atom is -0.440 e. The van der Waals surface area contributed by atoms with Crippen molar-refractivity contribution in [1.82, 2.24) is 10.3 Å². The van der Waals surface area contributed by atoms with Crippen LogP contribution < -0.4 is 5.32 Å². The highest BCUT2D eigenvalue weighted by atomic mass is 79.9. The number of hydrogen-bond acceptors (Lipinski definition) is 3. The smallest absolute Gasteiger partial charge is 0.251 e. The van der Waals surface area contributed by atoms with Gasteiger partial charge in [0.2, 0.25) is 0 Å². The quantitative estimate of drug-likeness (QED) is 0.633. The number of benzene rings is 2. The molecular formula is C19H19BrN2O2. The van der Waals surface area contributed by atoms with E-state index in [2.05, 4.69) is 32.3 Å². The van der Waals surface area contributed by atoms with Gasteiger partial charge in [-0.1, -0.05) is 41.1 Å². The molecule has 1 heterocycles. The third-order valence-corrected chi connectivity index (χ3v) is 4.28. The number of rotatable bonds is 6. The lowest BCUT2D eigenvalue weighted by molar-refractivity contribution is 0.0953. The number of hydrogen-bond donors (Lipinski definition) is 1. The summed E-state index contributed by atoms with van der Waals surface area (Å²) >= 11 is 3.53. The molecule has 1 amide bonds. The van der Waals surface area contributed by atoms with Crippen molar-refractivity contribution in [2.75, 3.05) is 6.54 Å². The summed E-state index contributed by atoms with van der Waals surface area (Å²) in [7, 11) is 0. The molecule has 0 saturated heterocycles. The third kappa shape index (κ3) is 3.85. The number of carbonyl (C=O) groups excluding carboxylic acids is 1. The number of halogens is 1. The highest BCUT2D eigenvalue weighted by molar-refractivity contribution is 9.10. The normalized spacial score (nSPS) is 10.9. The summed E-state index contributed by atoms with van der Waals surface area (Å²) < 4.78 is 6.83. The van der Waals surface area contributed by atoms with Crippen LogP contribution in [0.1, 0.15) is 35.2 Å². The molecule has 0 aliphatic rings. The fraction of sp³-hybridized carbons (Fsp3) is 0.263. The molecule has 24 heavy (non-hydrogen) atoms. The van der Waals surface area contributed by atoms with E-state index in [1.54, 1.807) is 0 Å². The van der Waals surface area contributed by atoms with Gasteiger partial charge in [0, 0.05) is 23.0 Å². The topological polar surface area (TPSA) is 55.1 Å². The van der Waals surface area contributed by atoms with Gasteiger partial charge in [0.25, 0.3) is 5.91 Å². The third-order valence-electron chi connectivity index (χ3n) is 3.82. The van der Waals surface area contributed by atoms with E-state index in [1.807, 2.05) is 43.3 Å². The van der Waals surface area contributed by atoms with E-state index in [0.717, 1.165) is 46.3 Å². The van der Waals surface area contributed by atoms with E-state index in [4.69, 9.17) is 4.42 Å². The summed E-state index contributed by atoms with van der Waals surface area (Å²) in [6, 6.07) is 13.3. The first-order valence-electron chi connectivity index (χ1n) is 8.08. The Balaban J connectivity index is 1.61. The summed E-state index contributed by atoms with van der Waals surface area (Å²) in [6.45, 7) is 2.65. The lowest BCUT2D eigenvalue weighted by Crippen LogP contribution is -2.24. The number of oxazole rings is 1. The summed E-state index contributed by atoms with van der Waals surface area (Å²) in [6.07, 6.45) is 2.44. The molecular weight excluding hydrogens is 368 g/mol. The molecule has 0 aliphatic carbocycles. The SMILES string of the molecule is CCc1nc2cc(Br)cc(CCCNC(=O)c3ccccc3)c2o1. The van der Waals surface area contributed by atoms with Gasteiger partial charge in [-0.2, -0.15) is 0 Å². The van der Waals surface area contributed by atoms with Crippen LogP contribution in [-0.2, 0) is 12.8 Å². The van der Waals surface area contributed by atoms with Crippen molar-refractivity contribution in [3.05, 3.63) is 64.0 Å². The van der Waals surface area contributed by atoms with E-state index < -0.39 is 0 Å². The zero-order valence-corrected chi connectivity index (χ0v) is 15.1. The zero-order valence-electron chi connectivity index (χ0n) is 13.5. The second-order valence-electron chi connectivity index (χ2n) is 5.60. The zero-order chi connectivity index (χ0) is 16.9. The first-order valence-corrected chi connectivity index (χ1v) is 8.87. The fourth-order valence-corrected chi connectivity index (χ4v) is 3.11. The van der Waals surface area contributed by atoms with Gasteiger partial charge in [-0.25, -0.2) is 4.98 Å². The Morgan fingerprint density at radius 1 is 1.25 bits per heavy atom. The Labute approximate surface area is 149 Å². The Morgan fingerprint density at radius 2 is 2.04 bits per heavy atom. The van der Waals surface area contributed by atoms with E-state index in [9.17, 15) is 4.79 Å². The first kappa shape index (κ1) is 16.7. The minimum atomic E-state index is -0.0390. The van der Waals surface area contributed by atoms with Gasteiger partial charge in [0.05, 0.1) is 0 Å². The molecule has 124 valence electrons. The number of carbonyl (C=O) groups is 1. The summed E-state index contributed by atoms with van der Waals surface area (Å²) in [5, 5.41) is 2.95. The second-order valence-corrected chi connectivity index (χ2v) is 6.52. The van der Waals surface area contributed by atoms with Gasteiger partial charge < -0.3 is 9.73 Å². The molecule has 0 bridgehead atoms. The molecule has 0 radical (unpaired) electrons. The number of amides is 1. The van der Waals surface area contributed by atoms with Crippen LogP contribution in [0.4, 0.5) is 0 Å². The predicted molar refractivity (Wildman–Crippen MR) is 98.2 cm³/mol. The van der Waals surface area contributed by atoms with Crippen molar-refractivity contribution in [3.8, 4) is 0 Å². The van der Waals surface area contributed by atoms with Crippen molar-refractivity contribution < 1.29 is 9.21 Å². The van der Waals surface area contributed by atoms with Crippen molar-refractivity contribution in [2.24, 2.45) is 0 Å². The van der Waals surface area contributed by atoms with Crippen LogP contribution in [0.5, 0.6) is 0 Å². The second kappa shape index (κ2) is 7.62. The van der Waals surface area contributed by atoms with Gasteiger partial charge in [0.15, 0.2) is 11.5 Å². The minimum absolute atomic E-state index is 0.0390. The van der Waals surface area contributed by atoms with Gasteiger partial charge in [-0.05, 0) is 42.7 Å². The molecule has 5 heteroatoms. The van der Waals surface area contributed by atoms with Gasteiger partial charge in [-0.15, -0.1) is 0 Å². The van der Waals surface area contributed by atoms with Crippen LogP contribution in [0.3, 0.4) is 0 Å². The molecule has 1 aromatic heterocycles.